The molecular weight excluding hydrogens is 323 g/mol. The maximum absolute atomic E-state index is 13.8. The Morgan fingerprint density at radius 1 is 1.28 bits per heavy atom. The predicted octanol–water partition coefficient (Wildman–Crippen LogP) is 1.71. The lowest BCUT2D eigenvalue weighted by Crippen LogP contribution is -2.49. The van der Waals surface area contributed by atoms with Gasteiger partial charge in [-0.3, -0.25) is 9.78 Å². The third kappa shape index (κ3) is 3.84. The molecule has 0 aromatic carbocycles. The van der Waals surface area contributed by atoms with Crippen molar-refractivity contribution < 1.29 is 9.18 Å². The van der Waals surface area contributed by atoms with Gasteiger partial charge in [0, 0.05) is 50.7 Å². The molecule has 2 aromatic rings. The van der Waals surface area contributed by atoms with Crippen molar-refractivity contribution in [1.82, 2.24) is 19.9 Å². The second-order valence-electron chi connectivity index (χ2n) is 5.86. The van der Waals surface area contributed by atoms with Crippen LogP contribution in [0, 0.1) is 12.7 Å². The summed E-state index contributed by atoms with van der Waals surface area (Å²) in [5.41, 5.74) is 0.947. The van der Waals surface area contributed by atoms with E-state index in [2.05, 4.69) is 20.3 Å². The van der Waals surface area contributed by atoms with E-state index in [0.29, 0.717) is 32.1 Å². The van der Waals surface area contributed by atoms with E-state index < -0.39 is 5.82 Å². The van der Waals surface area contributed by atoms with Gasteiger partial charge in [-0.1, -0.05) is 0 Å². The molecule has 25 heavy (non-hydrogen) atoms. The summed E-state index contributed by atoms with van der Waals surface area (Å²) in [6.45, 7) is 6.93. The highest BCUT2D eigenvalue weighted by Crippen LogP contribution is 2.17. The topological polar surface area (TPSA) is 74.2 Å². The van der Waals surface area contributed by atoms with Crippen molar-refractivity contribution in [3.63, 3.8) is 0 Å². The molecule has 0 unspecified atom stereocenters. The molecule has 1 saturated heterocycles. The number of carbonyl (C=O) groups excluding carboxylic acids is 1. The summed E-state index contributed by atoms with van der Waals surface area (Å²) >= 11 is 0. The molecular formula is C17H21FN6O. The Bertz CT molecular complexity index is 761. The van der Waals surface area contributed by atoms with Crippen molar-refractivity contribution in [3.05, 3.63) is 41.6 Å². The fourth-order valence-electron chi connectivity index (χ4n) is 2.79. The van der Waals surface area contributed by atoms with Gasteiger partial charge in [-0.25, -0.2) is 9.37 Å². The standard InChI is InChI=1S/C17H21FN6O/c1-3-20-15-10-12(2)21-17(22-15)24-8-6-23(7-9-24)16(25)13-4-5-19-11-14(13)18/h4-5,10-11H,3,6-9H2,1-2H3,(H,20,21,22). The zero-order chi connectivity index (χ0) is 17.8. The van der Waals surface area contributed by atoms with Gasteiger partial charge >= 0.3 is 0 Å². The molecule has 1 N–H and O–H groups in total. The maximum atomic E-state index is 13.8. The molecule has 1 aliphatic rings. The van der Waals surface area contributed by atoms with Crippen LogP contribution in [0.15, 0.2) is 24.5 Å². The highest BCUT2D eigenvalue weighted by Gasteiger charge is 2.25. The molecule has 8 heteroatoms. The van der Waals surface area contributed by atoms with Crippen LogP contribution in [0.5, 0.6) is 0 Å². The zero-order valence-electron chi connectivity index (χ0n) is 14.4. The molecule has 3 rings (SSSR count). The van der Waals surface area contributed by atoms with Crippen LogP contribution < -0.4 is 10.2 Å². The van der Waals surface area contributed by atoms with E-state index in [1.54, 1.807) is 4.90 Å². The number of hydrogen-bond donors (Lipinski definition) is 1. The number of piperazine rings is 1. The smallest absolute Gasteiger partial charge is 0.257 e. The van der Waals surface area contributed by atoms with Gasteiger partial charge in [0.2, 0.25) is 5.95 Å². The van der Waals surface area contributed by atoms with Crippen LogP contribution in [0.25, 0.3) is 0 Å². The van der Waals surface area contributed by atoms with Crippen LogP contribution in [0.1, 0.15) is 23.0 Å². The number of nitrogens with one attached hydrogen (secondary N) is 1. The fourth-order valence-corrected chi connectivity index (χ4v) is 2.79. The number of aryl methyl sites for hydroxylation is 1. The summed E-state index contributed by atoms with van der Waals surface area (Å²) in [4.78, 5) is 28.8. The summed E-state index contributed by atoms with van der Waals surface area (Å²) in [5, 5.41) is 3.19. The number of pyridine rings is 1. The Morgan fingerprint density at radius 2 is 2.04 bits per heavy atom. The van der Waals surface area contributed by atoms with Gasteiger partial charge in [-0.05, 0) is 19.9 Å². The summed E-state index contributed by atoms with van der Waals surface area (Å²) in [6, 6.07) is 3.31. The minimum atomic E-state index is -0.591. The van der Waals surface area contributed by atoms with Crippen LogP contribution in [0.3, 0.4) is 0 Å². The SMILES string of the molecule is CCNc1cc(C)nc(N2CCN(C(=O)c3ccncc3F)CC2)n1. The van der Waals surface area contributed by atoms with Crippen LogP contribution >= 0.6 is 0 Å². The molecule has 1 amide bonds. The number of anilines is 2. The first kappa shape index (κ1) is 17.1. The maximum Gasteiger partial charge on any atom is 0.257 e. The van der Waals surface area contributed by atoms with E-state index >= 15 is 0 Å². The first-order chi connectivity index (χ1) is 12.1. The fraction of sp³-hybridized carbons (Fsp3) is 0.412. The van der Waals surface area contributed by atoms with Crippen LogP contribution in [0.2, 0.25) is 0 Å². The Morgan fingerprint density at radius 3 is 2.72 bits per heavy atom. The summed E-state index contributed by atoms with van der Waals surface area (Å²) < 4.78 is 13.8. The molecule has 0 aliphatic carbocycles. The average molecular weight is 344 g/mol. The first-order valence-electron chi connectivity index (χ1n) is 8.31. The molecule has 1 fully saturated rings. The molecule has 3 heterocycles. The summed E-state index contributed by atoms with van der Waals surface area (Å²) in [5.74, 6) is 0.547. The van der Waals surface area contributed by atoms with Crippen molar-refractivity contribution in [2.75, 3.05) is 42.9 Å². The van der Waals surface area contributed by atoms with Gasteiger partial charge in [0.25, 0.3) is 5.91 Å². The molecule has 0 atom stereocenters. The van der Waals surface area contributed by atoms with Crippen molar-refractivity contribution in [2.24, 2.45) is 0 Å². The Balaban J connectivity index is 1.68. The van der Waals surface area contributed by atoms with Gasteiger partial charge in [0.05, 0.1) is 11.8 Å². The first-order valence-corrected chi connectivity index (χ1v) is 8.31. The van der Waals surface area contributed by atoms with Gasteiger partial charge in [0.15, 0.2) is 5.82 Å². The molecule has 2 aromatic heterocycles. The van der Waals surface area contributed by atoms with Crippen LogP contribution in [-0.4, -0.2) is 58.5 Å². The van der Waals surface area contributed by atoms with Crippen molar-refractivity contribution >= 4 is 17.7 Å². The second-order valence-corrected chi connectivity index (χ2v) is 5.86. The monoisotopic (exact) mass is 344 g/mol. The Labute approximate surface area is 145 Å². The number of hydrogen-bond acceptors (Lipinski definition) is 6. The van der Waals surface area contributed by atoms with Crippen molar-refractivity contribution in [3.8, 4) is 0 Å². The Kier molecular flexibility index (Phi) is 5.06. The minimum Gasteiger partial charge on any atom is -0.370 e. The lowest BCUT2D eigenvalue weighted by molar-refractivity contribution is 0.0741. The van der Waals surface area contributed by atoms with E-state index in [4.69, 9.17) is 0 Å². The number of carbonyl (C=O) groups is 1. The van der Waals surface area contributed by atoms with E-state index in [0.717, 1.165) is 24.3 Å². The van der Waals surface area contributed by atoms with E-state index in [1.165, 1.54) is 12.3 Å². The van der Waals surface area contributed by atoms with Crippen molar-refractivity contribution in [2.45, 2.75) is 13.8 Å². The van der Waals surface area contributed by atoms with Gasteiger partial charge < -0.3 is 15.1 Å². The highest BCUT2D eigenvalue weighted by molar-refractivity contribution is 5.94. The number of nitrogens with zero attached hydrogens (tertiary/aromatic N) is 5. The van der Waals surface area contributed by atoms with E-state index in [9.17, 15) is 9.18 Å². The van der Waals surface area contributed by atoms with Crippen molar-refractivity contribution in [1.29, 1.82) is 0 Å². The van der Waals surface area contributed by atoms with Gasteiger partial charge in [-0.15, -0.1) is 0 Å². The third-order valence-corrected chi connectivity index (χ3v) is 4.05. The lowest BCUT2D eigenvalue weighted by Gasteiger charge is -2.35. The molecule has 7 nitrogen and oxygen atoms in total. The van der Waals surface area contributed by atoms with Gasteiger partial charge in [0.1, 0.15) is 5.82 Å². The molecule has 1 aliphatic heterocycles. The molecule has 0 saturated carbocycles. The normalized spacial score (nSPS) is 14.5. The largest absolute Gasteiger partial charge is 0.370 e. The number of amides is 1. The van der Waals surface area contributed by atoms with Crippen LogP contribution in [-0.2, 0) is 0 Å². The average Bonchev–Trinajstić information content (AvgIpc) is 2.61. The number of aromatic nitrogens is 3. The summed E-state index contributed by atoms with van der Waals surface area (Å²) in [7, 11) is 0. The zero-order valence-corrected chi connectivity index (χ0v) is 14.4. The third-order valence-electron chi connectivity index (χ3n) is 4.05. The summed E-state index contributed by atoms with van der Waals surface area (Å²) in [6.07, 6.45) is 2.49. The number of rotatable bonds is 4. The van der Waals surface area contributed by atoms with Gasteiger partial charge in [-0.2, -0.15) is 4.98 Å². The molecule has 132 valence electrons. The highest BCUT2D eigenvalue weighted by atomic mass is 19.1. The predicted molar refractivity (Wildman–Crippen MR) is 93.2 cm³/mol. The Hall–Kier alpha value is -2.77. The van der Waals surface area contributed by atoms with Crippen LogP contribution in [0.4, 0.5) is 16.2 Å². The minimum absolute atomic E-state index is 0.0599. The quantitative estimate of drug-likeness (QED) is 0.910. The van der Waals surface area contributed by atoms with E-state index in [1.807, 2.05) is 24.8 Å². The second kappa shape index (κ2) is 7.42. The molecule has 0 radical (unpaired) electrons. The van der Waals surface area contributed by atoms with E-state index in [-0.39, 0.29) is 11.5 Å². The lowest BCUT2D eigenvalue weighted by atomic mass is 10.2. The molecule has 0 bridgehead atoms. The molecule has 0 spiro atoms. The number of halogens is 1.